The number of halogens is 3. The van der Waals surface area contributed by atoms with E-state index in [1.807, 2.05) is 49.1 Å². The molecule has 0 aliphatic heterocycles. The van der Waals surface area contributed by atoms with Crippen molar-refractivity contribution in [1.29, 1.82) is 0 Å². The minimum Gasteiger partial charge on any atom is -0.371 e. The molecular formula is C32H36F3N4. The summed E-state index contributed by atoms with van der Waals surface area (Å²) in [4.78, 5) is 6.60. The first-order valence-electron chi connectivity index (χ1n) is 13.2. The van der Waals surface area contributed by atoms with E-state index in [1.54, 1.807) is 19.1 Å². The Hall–Kier alpha value is -3.61. The van der Waals surface area contributed by atoms with Gasteiger partial charge in [-0.1, -0.05) is 74.9 Å². The fraction of sp³-hybridized carbons (Fsp3) is 0.312. The highest BCUT2D eigenvalue weighted by Crippen LogP contribution is 2.34. The molecule has 0 aliphatic carbocycles. The molecule has 7 heteroatoms. The Morgan fingerprint density at radius 1 is 1.03 bits per heavy atom. The Labute approximate surface area is 230 Å². The first kappa shape index (κ1) is 29.9. The van der Waals surface area contributed by atoms with Gasteiger partial charge in [-0.15, -0.1) is 0 Å². The lowest BCUT2D eigenvalue weighted by Crippen LogP contribution is -2.24. The van der Waals surface area contributed by atoms with Crippen LogP contribution in [0.2, 0.25) is 0 Å². The SMILES string of the molecule is [CH2]C.[CH]=C(c1cnn2c(C(F)(F)F)cc(-c3ccc(C)cc3)nc12)N(CCC)CCCCc1ccccc1[CH2]. The summed E-state index contributed by atoms with van der Waals surface area (Å²) in [6, 6.07) is 16.3. The summed E-state index contributed by atoms with van der Waals surface area (Å²) in [6.07, 6.45) is 0.358. The van der Waals surface area contributed by atoms with Crippen LogP contribution in [-0.4, -0.2) is 32.6 Å². The van der Waals surface area contributed by atoms with Gasteiger partial charge in [0.15, 0.2) is 11.3 Å². The van der Waals surface area contributed by atoms with Gasteiger partial charge in [-0.2, -0.15) is 18.3 Å². The number of unbranched alkanes of at least 4 members (excludes halogenated alkanes) is 1. The number of hydrogen-bond donors (Lipinski definition) is 0. The van der Waals surface area contributed by atoms with Crippen LogP contribution in [0.5, 0.6) is 0 Å². The Morgan fingerprint density at radius 2 is 1.72 bits per heavy atom. The minimum absolute atomic E-state index is 0.0926. The fourth-order valence-corrected chi connectivity index (χ4v) is 4.43. The summed E-state index contributed by atoms with van der Waals surface area (Å²) < 4.78 is 42.8. The summed E-state index contributed by atoms with van der Waals surface area (Å²) in [5.74, 6) is 0. The van der Waals surface area contributed by atoms with Gasteiger partial charge in [0.25, 0.3) is 0 Å². The number of benzene rings is 2. The van der Waals surface area contributed by atoms with Gasteiger partial charge in [-0.05, 0) is 63.3 Å². The van der Waals surface area contributed by atoms with Crippen LogP contribution in [0.3, 0.4) is 0 Å². The van der Waals surface area contributed by atoms with E-state index in [-0.39, 0.29) is 11.3 Å². The molecule has 0 unspecified atom stereocenters. The second kappa shape index (κ2) is 13.5. The molecule has 3 radical (unpaired) electrons. The molecule has 0 bridgehead atoms. The van der Waals surface area contributed by atoms with Gasteiger partial charge in [0.05, 0.1) is 17.5 Å². The lowest BCUT2D eigenvalue weighted by atomic mass is 10.0. The van der Waals surface area contributed by atoms with Gasteiger partial charge in [0, 0.05) is 24.4 Å². The zero-order valence-electron chi connectivity index (χ0n) is 22.9. The Morgan fingerprint density at radius 3 is 2.36 bits per heavy atom. The molecule has 205 valence electrons. The lowest BCUT2D eigenvalue weighted by Gasteiger charge is -2.26. The summed E-state index contributed by atoms with van der Waals surface area (Å²) >= 11 is 0. The average Bonchev–Trinajstić information content (AvgIpc) is 3.35. The number of aryl methyl sites for hydroxylation is 2. The first-order chi connectivity index (χ1) is 18.7. The molecule has 0 fully saturated rings. The highest BCUT2D eigenvalue weighted by Gasteiger charge is 2.36. The highest BCUT2D eigenvalue weighted by molar-refractivity contribution is 5.75. The lowest BCUT2D eigenvalue weighted by molar-refractivity contribution is -0.142. The molecule has 4 aromatic rings. The normalized spacial score (nSPS) is 11.3. The van der Waals surface area contributed by atoms with Crippen LogP contribution in [0.15, 0.2) is 60.8 Å². The van der Waals surface area contributed by atoms with E-state index >= 15 is 0 Å². The third-order valence-electron chi connectivity index (χ3n) is 6.46. The van der Waals surface area contributed by atoms with E-state index in [1.165, 1.54) is 11.8 Å². The molecule has 0 amide bonds. The summed E-state index contributed by atoms with van der Waals surface area (Å²) in [5, 5.41) is 4.04. The van der Waals surface area contributed by atoms with Crippen molar-refractivity contribution in [1.82, 2.24) is 19.5 Å². The third-order valence-corrected chi connectivity index (χ3v) is 6.46. The van der Waals surface area contributed by atoms with Gasteiger partial charge in [-0.3, -0.25) is 0 Å². The van der Waals surface area contributed by atoms with Crippen LogP contribution in [0.4, 0.5) is 13.2 Å². The number of aromatic nitrogens is 3. The summed E-state index contributed by atoms with van der Waals surface area (Å²) in [5.41, 5.74) is 4.07. The molecule has 39 heavy (non-hydrogen) atoms. The molecule has 0 spiro atoms. The summed E-state index contributed by atoms with van der Waals surface area (Å²) in [6.45, 7) is 21.0. The average molecular weight is 534 g/mol. The number of hydrogen-bond acceptors (Lipinski definition) is 3. The van der Waals surface area contributed by atoms with Gasteiger partial charge in [0.2, 0.25) is 0 Å². The van der Waals surface area contributed by atoms with E-state index in [9.17, 15) is 13.2 Å². The highest BCUT2D eigenvalue weighted by atomic mass is 19.4. The maximum absolute atomic E-state index is 14.0. The second-order valence-corrected chi connectivity index (χ2v) is 9.28. The van der Waals surface area contributed by atoms with E-state index in [0.717, 1.165) is 47.4 Å². The minimum atomic E-state index is -4.60. The molecule has 0 aliphatic rings. The number of alkyl halides is 3. The smallest absolute Gasteiger partial charge is 0.371 e. The van der Waals surface area contributed by atoms with E-state index in [2.05, 4.69) is 30.0 Å². The van der Waals surface area contributed by atoms with Crippen LogP contribution in [-0.2, 0) is 12.6 Å². The number of nitrogens with zero attached hydrogens (tertiary/aromatic N) is 4. The predicted octanol–water partition coefficient (Wildman–Crippen LogP) is 8.25. The second-order valence-electron chi connectivity index (χ2n) is 9.28. The van der Waals surface area contributed by atoms with Crippen LogP contribution >= 0.6 is 0 Å². The van der Waals surface area contributed by atoms with Crippen molar-refractivity contribution in [2.45, 2.75) is 52.6 Å². The molecule has 0 atom stereocenters. The van der Waals surface area contributed by atoms with Crippen molar-refractivity contribution in [3.8, 4) is 11.3 Å². The largest absolute Gasteiger partial charge is 0.433 e. The maximum atomic E-state index is 14.0. The van der Waals surface area contributed by atoms with Crippen molar-refractivity contribution >= 4 is 11.3 Å². The Bertz CT molecular complexity index is 1370. The molecule has 4 rings (SSSR count). The van der Waals surface area contributed by atoms with E-state index < -0.39 is 11.9 Å². The Kier molecular flexibility index (Phi) is 10.3. The van der Waals surface area contributed by atoms with Crippen molar-refractivity contribution < 1.29 is 13.2 Å². The van der Waals surface area contributed by atoms with Crippen molar-refractivity contribution in [3.05, 3.63) is 109 Å². The van der Waals surface area contributed by atoms with Crippen LogP contribution in [0, 0.1) is 27.4 Å². The summed E-state index contributed by atoms with van der Waals surface area (Å²) in [7, 11) is 0. The zero-order valence-corrected chi connectivity index (χ0v) is 22.9. The van der Waals surface area contributed by atoms with E-state index in [0.29, 0.717) is 29.9 Å². The number of rotatable bonds is 10. The van der Waals surface area contributed by atoms with Gasteiger partial charge >= 0.3 is 6.18 Å². The third kappa shape index (κ3) is 7.28. The zero-order chi connectivity index (χ0) is 28.6. The molecular weight excluding hydrogens is 497 g/mol. The quantitative estimate of drug-likeness (QED) is 0.192. The maximum Gasteiger partial charge on any atom is 0.433 e. The molecule has 0 N–H and O–H groups in total. The molecule has 4 nitrogen and oxygen atoms in total. The first-order valence-corrected chi connectivity index (χ1v) is 13.2. The fourth-order valence-electron chi connectivity index (χ4n) is 4.43. The predicted molar refractivity (Wildman–Crippen MR) is 153 cm³/mol. The molecule has 0 saturated carbocycles. The standard InChI is InChI=1S/C30H31F3N4.C2H5/c1-5-17-36(18-9-8-12-24-11-7-6-10-22(24)3)23(4)26-20-34-37-28(30(31,32)33)19-27(35-29(26)37)25-15-13-21(2)14-16-25;1-2/h4,6-7,10-11,13-16,19-20H,3,5,8-9,12,17-18H2,1-2H3;1H2,2H3. The van der Waals surface area contributed by atoms with E-state index in [4.69, 9.17) is 6.58 Å². The Balaban J connectivity index is 0.00000205. The van der Waals surface area contributed by atoms with Crippen molar-refractivity contribution in [3.63, 3.8) is 0 Å². The van der Waals surface area contributed by atoms with Gasteiger partial charge < -0.3 is 4.90 Å². The topological polar surface area (TPSA) is 33.4 Å². The van der Waals surface area contributed by atoms with Crippen LogP contribution < -0.4 is 0 Å². The van der Waals surface area contributed by atoms with Gasteiger partial charge in [0.1, 0.15) is 0 Å². The number of fused-ring (bicyclic) bond motifs is 1. The van der Waals surface area contributed by atoms with Gasteiger partial charge in [-0.25, -0.2) is 9.50 Å². The van der Waals surface area contributed by atoms with Crippen molar-refractivity contribution in [2.24, 2.45) is 0 Å². The van der Waals surface area contributed by atoms with Crippen molar-refractivity contribution in [2.75, 3.05) is 13.1 Å². The van der Waals surface area contributed by atoms with Crippen LogP contribution in [0.1, 0.15) is 61.1 Å². The molecule has 2 aromatic carbocycles. The molecule has 2 heterocycles. The molecule has 2 aromatic heterocycles. The van der Waals surface area contributed by atoms with Crippen LogP contribution in [0.25, 0.3) is 22.6 Å². The molecule has 0 saturated heterocycles. The monoisotopic (exact) mass is 533 g/mol.